The molecule has 0 aliphatic heterocycles. The zero-order valence-electron chi connectivity index (χ0n) is 8.50. The van der Waals surface area contributed by atoms with E-state index in [0.29, 0.717) is 12.5 Å². The van der Waals surface area contributed by atoms with E-state index < -0.39 is 0 Å². The van der Waals surface area contributed by atoms with E-state index in [0.717, 1.165) is 6.54 Å². The second kappa shape index (κ2) is 5.95. The molecule has 0 fully saturated rings. The maximum absolute atomic E-state index is 10.9. The first-order chi connectivity index (χ1) is 5.57. The summed E-state index contributed by atoms with van der Waals surface area (Å²) in [7, 11) is 2.05. The van der Waals surface area contributed by atoms with E-state index in [9.17, 15) is 4.79 Å². The van der Waals surface area contributed by atoms with Crippen LogP contribution in [0.5, 0.6) is 0 Å². The van der Waals surface area contributed by atoms with E-state index in [2.05, 4.69) is 18.7 Å². The van der Waals surface area contributed by atoms with Crippen molar-refractivity contribution in [2.24, 2.45) is 0 Å². The minimum atomic E-state index is 0.201. The number of ketones is 1. The molecule has 0 radical (unpaired) electrons. The molecule has 12 heavy (non-hydrogen) atoms. The average Bonchev–Trinajstić information content (AvgIpc) is 2.03. The largest absolute Gasteiger partial charge is 0.300 e. The van der Waals surface area contributed by atoms with E-state index in [4.69, 9.17) is 0 Å². The van der Waals surface area contributed by atoms with Crippen LogP contribution < -0.4 is 0 Å². The van der Waals surface area contributed by atoms with Gasteiger partial charge in [-0.25, -0.2) is 0 Å². The van der Waals surface area contributed by atoms with Gasteiger partial charge in [-0.2, -0.15) is 0 Å². The molecule has 2 nitrogen and oxygen atoms in total. The minimum Gasteiger partial charge on any atom is -0.300 e. The van der Waals surface area contributed by atoms with Crippen molar-refractivity contribution in [3.8, 4) is 0 Å². The molecule has 70 valence electrons. The fourth-order valence-electron chi connectivity index (χ4n) is 0.679. The molecular formula is C10H19NO. The molecule has 0 N–H and O–H groups in total. The number of nitrogens with zero attached hydrogens (tertiary/aromatic N) is 1. The molecule has 0 aliphatic carbocycles. The highest BCUT2D eigenvalue weighted by Crippen LogP contribution is 1.93. The van der Waals surface area contributed by atoms with Crippen molar-refractivity contribution in [2.75, 3.05) is 13.6 Å². The van der Waals surface area contributed by atoms with Crippen molar-refractivity contribution in [1.82, 2.24) is 4.90 Å². The van der Waals surface area contributed by atoms with Crippen LogP contribution in [-0.4, -0.2) is 30.3 Å². The number of allylic oxidation sites excluding steroid dienone is 1. The quantitative estimate of drug-likeness (QED) is 0.585. The number of carbonyl (C=O) groups excluding carboxylic acids is 1. The molecule has 0 saturated carbocycles. The SMILES string of the molecule is CCC(=O)/C=C/CN(C)C(C)C. The molecule has 0 aliphatic rings. The first kappa shape index (κ1) is 11.4. The van der Waals surface area contributed by atoms with Gasteiger partial charge in [0.2, 0.25) is 0 Å². The van der Waals surface area contributed by atoms with Crippen LogP contribution in [0.15, 0.2) is 12.2 Å². The lowest BCUT2D eigenvalue weighted by Crippen LogP contribution is -2.26. The second-order valence-corrected chi connectivity index (χ2v) is 3.26. The van der Waals surface area contributed by atoms with Crippen LogP contribution in [0.1, 0.15) is 27.2 Å². The molecule has 0 atom stereocenters. The number of carbonyl (C=O) groups is 1. The monoisotopic (exact) mass is 169 g/mol. The highest BCUT2D eigenvalue weighted by atomic mass is 16.1. The van der Waals surface area contributed by atoms with Gasteiger partial charge in [0.1, 0.15) is 0 Å². The zero-order chi connectivity index (χ0) is 9.56. The number of likely N-dealkylation sites (N-methyl/N-ethyl adjacent to an activating group) is 1. The lowest BCUT2D eigenvalue weighted by molar-refractivity contribution is -0.114. The van der Waals surface area contributed by atoms with Crippen LogP contribution in [0.3, 0.4) is 0 Å². The van der Waals surface area contributed by atoms with Gasteiger partial charge in [-0.3, -0.25) is 4.79 Å². The molecule has 0 bridgehead atoms. The molecule has 2 heteroatoms. The van der Waals surface area contributed by atoms with Crippen molar-refractivity contribution >= 4 is 5.78 Å². The first-order valence-corrected chi connectivity index (χ1v) is 4.47. The van der Waals surface area contributed by atoms with Gasteiger partial charge in [0.25, 0.3) is 0 Å². The molecule has 0 aromatic rings. The summed E-state index contributed by atoms with van der Waals surface area (Å²) in [6, 6.07) is 0.534. The summed E-state index contributed by atoms with van der Waals surface area (Å²) in [4.78, 5) is 13.0. The van der Waals surface area contributed by atoms with Gasteiger partial charge in [0.15, 0.2) is 5.78 Å². The Kier molecular flexibility index (Phi) is 5.64. The third-order valence-electron chi connectivity index (χ3n) is 1.93. The first-order valence-electron chi connectivity index (χ1n) is 4.47. The van der Waals surface area contributed by atoms with E-state index >= 15 is 0 Å². The van der Waals surface area contributed by atoms with Gasteiger partial charge >= 0.3 is 0 Å². The third kappa shape index (κ3) is 5.08. The van der Waals surface area contributed by atoms with Gasteiger partial charge in [-0.05, 0) is 27.0 Å². The molecule has 0 saturated heterocycles. The normalized spacial score (nSPS) is 11.8. The van der Waals surface area contributed by atoms with Crippen molar-refractivity contribution < 1.29 is 4.79 Å². The molecule has 0 aromatic carbocycles. The maximum atomic E-state index is 10.9. The number of hydrogen-bond acceptors (Lipinski definition) is 2. The molecule has 0 heterocycles. The fourth-order valence-corrected chi connectivity index (χ4v) is 0.679. The Labute approximate surface area is 75.3 Å². The van der Waals surface area contributed by atoms with Gasteiger partial charge < -0.3 is 4.90 Å². The summed E-state index contributed by atoms with van der Waals surface area (Å²) < 4.78 is 0. The van der Waals surface area contributed by atoms with Crippen LogP contribution in [0.4, 0.5) is 0 Å². The Hall–Kier alpha value is -0.630. The average molecular weight is 169 g/mol. The molecular weight excluding hydrogens is 150 g/mol. The summed E-state index contributed by atoms with van der Waals surface area (Å²) in [6.45, 7) is 6.99. The van der Waals surface area contributed by atoms with Crippen LogP contribution in [0, 0.1) is 0 Å². The van der Waals surface area contributed by atoms with Crippen LogP contribution in [-0.2, 0) is 4.79 Å². The Balaban J connectivity index is 3.67. The standard InChI is InChI=1S/C10H19NO/c1-5-10(12)7-6-8-11(4)9(2)3/h6-7,9H,5,8H2,1-4H3/b7-6+. The van der Waals surface area contributed by atoms with E-state index in [1.807, 2.05) is 20.0 Å². The van der Waals surface area contributed by atoms with Crippen molar-refractivity contribution in [3.05, 3.63) is 12.2 Å². The topological polar surface area (TPSA) is 20.3 Å². The summed E-state index contributed by atoms with van der Waals surface area (Å²) in [5.41, 5.74) is 0. The Morgan fingerprint density at radius 1 is 1.50 bits per heavy atom. The van der Waals surface area contributed by atoms with Gasteiger partial charge in [0.05, 0.1) is 0 Å². The van der Waals surface area contributed by atoms with Gasteiger partial charge in [0, 0.05) is 19.0 Å². The third-order valence-corrected chi connectivity index (χ3v) is 1.93. The number of hydrogen-bond donors (Lipinski definition) is 0. The Morgan fingerprint density at radius 2 is 2.08 bits per heavy atom. The van der Waals surface area contributed by atoms with Crippen molar-refractivity contribution in [2.45, 2.75) is 33.2 Å². The highest BCUT2D eigenvalue weighted by Gasteiger charge is 1.99. The summed E-state index contributed by atoms with van der Waals surface area (Å²) in [6.07, 6.45) is 4.19. The van der Waals surface area contributed by atoms with E-state index in [1.54, 1.807) is 6.08 Å². The lowest BCUT2D eigenvalue weighted by atomic mass is 10.3. The minimum absolute atomic E-state index is 0.201. The summed E-state index contributed by atoms with van der Waals surface area (Å²) in [5, 5.41) is 0. The van der Waals surface area contributed by atoms with E-state index in [-0.39, 0.29) is 5.78 Å². The lowest BCUT2D eigenvalue weighted by Gasteiger charge is -2.18. The zero-order valence-corrected chi connectivity index (χ0v) is 8.50. The molecule has 0 aromatic heterocycles. The van der Waals surface area contributed by atoms with Crippen LogP contribution in [0.2, 0.25) is 0 Å². The maximum Gasteiger partial charge on any atom is 0.155 e. The van der Waals surface area contributed by atoms with Crippen molar-refractivity contribution in [1.29, 1.82) is 0 Å². The number of rotatable bonds is 5. The fraction of sp³-hybridized carbons (Fsp3) is 0.700. The van der Waals surface area contributed by atoms with Gasteiger partial charge in [-0.1, -0.05) is 13.0 Å². The van der Waals surface area contributed by atoms with Crippen molar-refractivity contribution in [3.63, 3.8) is 0 Å². The molecule has 0 unspecified atom stereocenters. The van der Waals surface area contributed by atoms with Crippen LogP contribution in [0.25, 0.3) is 0 Å². The smallest absolute Gasteiger partial charge is 0.155 e. The summed E-state index contributed by atoms with van der Waals surface area (Å²) >= 11 is 0. The Bertz CT molecular complexity index is 161. The Morgan fingerprint density at radius 3 is 2.50 bits per heavy atom. The molecule has 0 amide bonds. The van der Waals surface area contributed by atoms with Crippen LogP contribution >= 0.6 is 0 Å². The predicted octanol–water partition coefficient (Wildman–Crippen LogP) is 1.86. The molecule has 0 rings (SSSR count). The van der Waals surface area contributed by atoms with Gasteiger partial charge in [-0.15, -0.1) is 0 Å². The second-order valence-electron chi connectivity index (χ2n) is 3.26. The van der Waals surface area contributed by atoms with E-state index in [1.165, 1.54) is 0 Å². The predicted molar refractivity (Wildman–Crippen MR) is 52.2 cm³/mol. The molecule has 0 spiro atoms. The highest BCUT2D eigenvalue weighted by molar-refractivity contribution is 5.89. The summed E-state index contributed by atoms with van der Waals surface area (Å²) in [5.74, 6) is 0.201.